The van der Waals surface area contributed by atoms with Crippen molar-refractivity contribution in [3.05, 3.63) is 0 Å². The molecular formula is C10H21NO3S. The second kappa shape index (κ2) is 4.39. The van der Waals surface area contributed by atoms with Crippen molar-refractivity contribution >= 4 is 9.84 Å². The van der Waals surface area contributed by atoms with Crippen LogP contribution in [0, 0.1) is 0 Å². The summed E-state index contributed by atoms with van der Waals surface area (Å²) in [6, 6.07) is 0.0611. The van der Waals surface area contributed by atoms with Gasteiger partial charge in [0.05, 0.1) is 10.9 Å². The molecule has 0 heterocycles. The largest absolute Gasteiger partial charge is 0.392 e. The van der Waals surface area contributed by atoms with Crippen LogP contribution in [0.15, 0.2) is 0 Å². The van der Waals surface area contributed by atoms with Crippen LogP contribution in [0.4, 0.5) is 0 Å². The Kier molecular flexibility index (Phi) is 3.79. The van der Waals surface area contributed by atoms with Crippen LogP contribution in [0.1, 0.15) is 33.1 Å². The standard InChI is InChI=1S/C10H21NO3S/c1-10(2,15(3,13)14)7-11-8-5-4-6-9(8)12/h8-9,11-12H,4-7H2,1-3H3/t8-,9-/m0/s1. The van der Waals surface area contributed by atoms with Gasteiger partial charge in [-0.1, -0.05) is 0 Å². The molecular weight excluding hydrogens is 214 g/mol. The number of aliphatic hydroxyl groups is 1. The van der Waals surface area contributed by atoms with E-state index in [-0.39, 0.29) is 12.1 Å². The van der Waals surface area contributed by atoms with Gasteiger partial charge in [-0.05, 0) is 33.1 Å². The van der Waals surface area contributed by atoms with Crippen LogP contribution >= 0.6 is 0 Å². The lowest BCUT2D eigenvalue weighted by Gasteiger charge is -2.26. The fraction of sp³-hybridized carbons (Fsp3) is 1.00. The van der Waals surface area contributed by atoms with E-state index in [0.717, 1.165) is 19.3 Å². The molecule has 15 heavy (non-hydrogen) atoms. The maximum atomic E-state index is 11.4. The Morgan fingerprint density at radius 3 is 2.40 bits per heavy atom. The third-order valence-electron chi connectivity index (χ3n) is 3.27. The third-order valence-corrected chi connectivity index (χ3v) is 5.43. The summed E-state index contributed by atoms with van der Waals surface area (Å²) >= 11 is 0. The highest BCUT2D eigenvalue weighted by molar-refractivity contribution is 7.92. The van der Waals surface area contributed by atoms with E-state index in [9.17, 15) is 13.5 Å². The fourth-order valence-electron chi connectivity index (χ4n) is 1.69. The molecule has 0 aromatic rings. The first-order valence-electron chi connectivity index (χ1n) is 5.35. The molecule has 0 radical (unpaired) electrons. The van der Waals surface area contributed by atoms with Gasteiger partial charge in [-0.25, -0.2) is 8.42 Å². The first-order chi connectivity index (χ1) is 6.74. The van der Waals surface area contributed by atoms with Crippen LogP contribution in [-0.4, -0.2) is 43.2 Å². The quantitative estimate of drug-likeness (QED) is 0.736. The van der Waals surface area contributed by atoms with Crippen molar-refractivity contribution in [3.63, 3.8) is 0 Å². The maximum absolute atomic E-state index is 11.4. The summed E-state index contributed by atoms with van der Waals surface area (Å²) in [6.07, 6.45) is 3.69. The van der Waals surface area contributed by atoms with Gasteiger partial charge in [-0.3, -0.25) is 0 Å². The number of hydrogen-bond donors (Lipinski definition) is 2. The first-order valence-corrected chi connectivity index (χ1v) is 7.24. The van der Waals surface area contributed by atoms with Crippen molar-refractivity contribution in [2.75, 3.05) is 12.8 Å². The molecule has 0 aliphatic heterocycles. The number of sulfone groups is 1. The van der Waals surface area contributed by atoms with Gasteiger partial charge in [0.2, 0.25) is 0 Å². The molecule has 0 amide bonds. The minimum Gasteiger partial charge on any atom is -0.392 e. The SMILES string of the molecule is CC(C)(CN[C@H]1CCC[C@@H]1O)S(C)(=O)=O. The van der Waals surface area contributed by atoms with Crippen molar-refractivity contribution in [2.45, 2.75) is 50.0 Å². The van der Waals surface area contributed by atoms with Crippen molar-refractivity contribution in [3.8, 4) is 0 Å². The molecule has 4 nitrogen and oxygen atoms in total. The van der Waals surface area contributed by atoms with Crippen molar-refractivity contribution in [1.29, 1.82) is 0 Å². The molecule has 90 valence electrons. The lowest BCUT2D eigenvalue weighted by molar-refractivity contribution is 0.148. The number of hydrogen-bond acceptors (Lipinski definition) is 4. The molecule has 0 spiro atoms. The number of rotatable bonds is 4. The predicted octanol–water partition coefficient (Wildman–Crippen LogP) is 0.313. The Bertz CT molecular complexity index is 311. The van der Waals surface area contributed by atoms with Gasteiger partial charge < -0.3 is 10.4 Å². The van der Waals surface area contributed by atoms with Gasteiger partial charge in [-0.15, -0.1) is 0 Å². The second-order valence-electron chi connectivity index (χ2n) is 5.02. The van der Waals surface area contributed by atoms with Crippen LogP contribution in [0.2, 0.25) is 0 Å². The Hall–Kier alpha value is -0.130. The van der Waals surface area contributed by atoms with Gasteiger partial charge in [0, 0.05) is 18.8 Å². The summed E-state index contributed by atoms with van der Waals surface area (Å²) in [4.78, 5) is 0. The highest BCUT2D eigenvalue weighted by atomic mass is 32.2. The Labute approximate surface area is 92.0 Å². The molecule has 0 unspecified atom stereocenters. The normalized spacial score (nSPS) is 28.3. The van der Waals surface area contributed by atoms with Crippen molar-refractivity contribution < 1.29 is 13.5 Å². The molecule has 0 saturated heterocycles. The van der Waals surface area contributed by atoms with E-state index >= 15 is 0 Å². The van der Waals surface area contributed by atoms with Gasteiger partial charge in [0.25, 0.3) is 0 Å². The van der Waals surface area contributed by atoms with E-state index in [2.05, 4.69) is 5.32 Å². The Balaban J connectivity index is 2.49. The third kappa shape index (κ3) is 3.16. The number of aliphatic hydroxyl groups excluding tert-OH is 1. The average molecular weight is 235 g/mol. The van der Waals surface area contributed by atoms with E-state index in [1.165, 1.54) is 6.26 Å². The zero-order chi connectivity index (χ0) is 11.7. The molecule has 1 rings (SSSR count). The molecule has 1 fully saturated rings. The zero-order valence-electron chi connectivity index (χ0n) is 9.66. The van der Waals surface area contributed by atoms with E-state index in [1.807, 2.05) is 0 Å². The van der Waals surface area contributed by atoms with Crippen LogP contribution in [0.3, 0.4) is 0 Å². The highest BCUT2D eigenvalue weighted by Crippen LogP contribution is 2.20. The highest BCUT2D eigenvalue weighted by Gasteiger charge is 2.32. The van der Waals surface area contributed by atoms with E-state index < -0.39 is 14.6 Å². The molecule has 5 heteroatoms. The van der Waals surface area contributed by atoms with Gasteiger partial charge >= 0.3 is 0 Å². The molecule has 2 atom stereocenters. The monoisotopic (exact) mass is 235 g/mol. The van der Waals surface area contributed by atoms with Crippen LogP contribution < -0.4 is 5.32 Å². The van der Waals surface area contributed by atoms with E-state index in [4.69, 9.17) is 0 Å². The van der Waals surface area contributed by atoms with Crippen LogP contribution in [0.25, 0.3) is 0 Å². The zero-order valence-corrected chi connectivity index (χ0v) is 10.5. The lowest BCUT2D eigenvalue weighted by atomic mass is 10.1. The molecule has 0 aromatic heterocycles. The molecule has 0 bridgehead atoms. The maximum Gasteiger partial charge on any atom is 0.153 e. The predicted molar refractivity (Wildman–Crippen MR) is 60.6 cm³/mol. The molecule has 2 N–H and O–H groups in total. The van der Waals surface area contributed by atoms with Gasteiger partial charge in [0.1, 0.15) is 0 Å². The number of nitrogens with one attached hydrogen (secondary N) is 1. The summed E-state index contributed by atoms with van der Waals surface area (Å²) < 4.78 is 22.1. The Morgan fingerprint density at radius 1 is 1.40 bits per heavy atom. The first kappa shape index (κ1) is 12.9. The summed E-state index contributed by atoms with van der Waals surface area (Å²) in [5, 5.41) is 12.7. The van der Waals surface area contributed by atoms with E-state index in [1.54, 1.807) is 13.8 Å². The lowest BCUT2D eigenvalue weighted by Crippen LogP contribution is -2.47. The van der Waals surface area contributed by atoms with Crippen LogP contribution in [0.5, 0.6) is 0 Å². The molecule has 1 aliphatic rings. The van der Waals surface area contributed by atoms with Crippen LogP contribution in [-0.2, 0) is 9.84 Å². The van der Waals surface area contributed by atoms with Gasteiger partial charge in [-0.2, -0.15) is 0 Å². The summed E-state index contributed by atoms with van der Waals surface area (Å²) in [5.41, 5.74) is 0. The average Bonchev–Trinajstić information content (AvgIpc) is 2.46. The van der Waals surface area contributed by atoms with E-state index in [0.29, 0.717) is 6.54 Å². The summed E-state index contributed by atoms with van der Waals surface area (Å²) in [5.74, 6) is 0. The molecule has 0 aromatic carbocycles. The second-order valence-corrected chi connectivity index (χ2v) is 7.67. The van der Waals surface area contributed by atoms with Gasteiger partial charge in [0.15, 0.2) is 9.84 Å². The minimum atomic E-state index is -3.06. The molecule has 1 saturated carbocycles. The Morgan fingerprint density at radius 2 is 2.00 bits per heavy atom. The summed E-state index contributed by atoms with van der Waals surface area (Å²) in [7, 11) is -3.06. The topological polar surface area (TPSA) is 66.4 Å². The fourth-order valence-corrected chi connectivity index (χ4v) is 2.03. The minimum absolute atomic E-state index is 0.0611. The smallest absolute Gasteiger partial charge is 0.153 e. The summed E-state index contributed by atoms with van der Waals surface area (Å²) in [6.45, 7) is 3.81. The van der Waals surface area contributed by atoms with Crippen molar-refractivity contribution in [1.82, 2.24) is 5.32 Å². The van der Waals surface area contributed by atoms with Crippen molar-refractivity contribution in [2.24, 2.45) is 0 Å². The molecule has 1 aliphatic carbocycles.